The second-order valence-electron chi connectivity index (χ2n) is 17.3. The molecule has 4 rings (SSSR count). The van der Waals surface area contributed by atoms with Crippen LogP contribution in [0.25, 0.3) is 0 Å². The minimum absolute atomic E-state index is 0.00988. The summed E-state index contributed by atoms with van der Waals surface area (Å²) in [5, 5.41) is 34.1. The van der Waals surface area contributed by atoms with E-state index in [1.54, 1.807) is 27.0 Å². The molecule has 0 spiro atoms. The van der Waals surface area contributed by atoms with Gasteiger partial charge in [0.15, 0.2) is 0 Å². The molecule has 1 amide bonds. The van der Waals surface area contributed by atoms with Gasteiger partial charge in [0.05, 0.1) is 30.5 Å². The van der Waals surface area contributed by atoms with Gasteiger partial charge in [-0.25, -0.2) is 4.79 Å². The lowest BCUT2D eigenvalue weighted by molar-refractivity contribution is -0.302. The number of hydrogen-bond donors (Lipinski definition) is 3. The van der Waals surface area contributed by atoms with Crippen molar-refractivity contribution in [3.05, 3.63) is 36.0 Å². The number of allylic oxidation sites excluding steroid dienone is 4. The quantitative estimate of drug-likeness (QED) is 0.185. The summed E-state index contributed by atoms with van der Waals surface area (Å²) in [6.45, 7) is 13.1. The first-order valence-corrected chi connectivity index (χ1v) is 20.9. The van der Waals surface area contributed by atoms with Crippen LogP contribution in [0.1, 0.15) is 105 Å². The van der Waals surface area contributed by atoms with Gasteiger partial charge in [-0.05, 0) is 95.5 Å². The van der Waals surface area contributed by atoms with Crippen LogP contribution in [-0.2, 0) is 42.9 Å². The van der Waals surface area contributed by atoms with Crippen molar-refractivity contribution < 1.29 is 58.2 Å². The van der Waals surface area contributed by atoms with E-state index in [9.17, 15) is 34.5 Å². The van der Waals surface area contributed by atoms with Gasteiger partial charge in [-0.2, -0.15) is 0 Å². The second kappa shape index (κ2) is 21.0. The van der Waals surface area contributed by atoms with E-state index in [-0.39, 0.29) is 49.5 Å². The van der Waals surface area contributed by atoms with Crippen molar-refractivity contribution >= 4 is 23.4 Å². The van der Waals surface area contributed by atoms with Crippen molar-refractivity contribution in [2.45, 2.75) is 160 Å². The first-order chi connectivity index (χ1) is 27.0. The number of rotatable bonds is 7. The molecule has 2 saturated heterocycles. The molecule has 0 aromatic rings. The fourth-order valence-corrected chi connectivity index (χ4v) is 9.42. The highest BCUT2D eigenvalue weighted by Crippen LogP contribution is 2.39. The molecule has 3 fully saturated rings. The van der Waals surface area contributed by atoms with E-state index in [0.717, 1.165) is 5.57 Å². The number of aliphatic hydroxyl groups excluding tert-OH is 2. The molecule has 0 radical (unpaired) electrons. The molecule has 0 aromatic carbocycles. The van der Waals surface area contributed by atoms with Crippen molar-refractivity contribution in [2.24, 2.45) is 29.6 Å². The zero-order valence-electron chi connectivity index (χ0n) is 35.4. The highest BCUT2D eigenvalue weighted by Gasteiger charge is 2.56. The van der Waals surface area contributed by atoms with E-state index in [1.165, 1.54) is 19.1 Å². The van der Waals surface area contributed by atoms with Crippen LogP contribution >= 0.6 is 0 Å². The third-order valence-corrected chi connectivity index (χ3v) is 12.9. The number of nitrogens with zero attached hydrogens (tertiary/aromatic N) is 1. The number of hydrogen-bond acceptors (Lipinski definition) is 12. The number of amides is 1. The summed E-state index contributed by atoms with van der Waals surface area (Å²) in [5.74, 6) is -7.76. The van der Waals surface area contributed by atoms with Crippen molar-refractivity contribution in [1.29, 1.82) is 0 Å². The van der Waals surface area contributed by atoms with Crippen molar-refractivity contribution in [2.75, 3.05) is 27.9 Å². The number of carbonyl (C=O) groups is 4. The third kappa shape index (κ3) is 11.3. The molecule has 57 heavy (non-hydrogen) atoms. The summed E-state index contributed by atoms with van der Waals surface area (Å²) in [4.78, 5) is 57.8. The first-order valence-electron chi connectivity index (χ1n) is 20.9. The first kappa shape index (κ1) is 46.9. The Morgan fingerprint density at radius 2 is 1.60 bits per heavy atom. The Balaban J connectivity index is 1.78. The number of esters is 1. The highest BCUT2D eigenvalue weighted by molar-refractivity contribution is 6.39. The third-order valence-electron chi connectivity index (χ3n) is 12.9. The standard InChI is InChI=1S/C44H69NO12/c1-10-13-31-19-25(2)18-26(3)20-37(54-8)40-38(55-9)22-28(5)44(52,57-40)41(49)42(50)45-17-12-11-14-32(45)43(51)56-39(29(6)34(47)24-35(31)48)27(4)21-30-15-16-33(46)36(23-30)53-7/h10,19,21,26,28-34,36-40,46-47,52H,1,11-18,20,22-24H2,2-9H3/b25-19+,27-21+/t26-,28+,29+,30?,31+,32-,33+,34-,36+,37-,38-,39+,40+,44+/m0/s1. The van der Waals surface area contributed by atoms with Gasteiger partial charge in [0.1, 0.15) is 24.0 Å². The number of cyclic esters (lactones) is 1. The van der Waals surface area contributed by atoms with Gasteiger partial charge in [0, 0.05) is 52.0 Å². The summed E-state index contributed by atoms with van der Waals surface area (Å²) in [5.41, 5.74) is 1.61. The van der Waals surface area contributed by atoms with Gasteiger partial charge >= 0.3 is 5.97 Å². The Bertz CT molecular complexity index is 1480. The molecule has 3 N–H and O–H groups in total. The van der Waals surface area contributed by atoms with E-state index in [1.807, 2.05) is 32.9 Å². The summed E-state index contributed by atoms with van der Waals surface area (Å²) in [6, 6.07) is -1.14. The highest BCUT2D eigenvalue weighted by atomic mass is 16.7. The molecule has 2 bridgehead atoms. The maximum Gasteiger partial charge on any atom is 0.329 e. The monoisotopic (exact) mass is 803 g/mol. The lowest BCUT2D eigenvalue weighted by atomic mass is 9.81. The molecule has 322 valence electrons. The smallest absolute Gasteiger partial charge is 0.329 e. The minimum Gasteiger partial charge on any atom is -0.456 e. The predicted octanol–water partition coefficient (Wildman–Crippen LogP) is 4.64. The molecule has 0 aromatic heterocycles. The van der Waals surface area contributed by atoms with Crippen LogP contribution in [0.5, 0.6) is 0 Å². The minimum atomic E-state index is -2.51. The molecule has 4 aliphatic rings. The number of fused-ring (bicyclic) bond motifs is 3. The molecule has 1 aliphatic carbocycles. The van der Waals surface area contributed by atoms with Crippen molar-refractivity contribution in [3.8, 4) is 0 Å². The lowest BCUT2D eigenvalue weighted by Crippen LogP contribution is -2.64. The maximum absolute atomic E-state index is 14.3. The Labute approximate surface area is 339 Å². The summed E-state index contributed by atoms with van der Waals surface area (Å²) < 4.78 is 29.7. The van der Waals surface area contributed by atoms with Crippen LogP contribution in [0.4, 0.5) is 0 Å². The normalized spacial score (nSPS) is 41.0. The number of piperidine rings is 1. The molecule has 13 heteroatoms. The van der Waals surface area contributed by atoms with Gasteiger partial charge in [0.25, 0.3) is 11.7 Å². The number of aliphatic hydroxyl groups is 3. The number of Topliss-reactive ketones (excluding diaryl/α,β-unsaturated/α-hetero) is 2. The fraction of sp³-hybridized carbons (Fsp3) is 0.773. The number of ketones is 2. The van der Waals surface area contributed by atoms with Crippen molar-refractivity contribution in [3.63, 3.8) is 0 Å². The molecular formula is C44H69NO12. The average molecular weight is 804 g/mol. The predicted molar refractivity (Wildman–Crippen MR) is 213 cm³/mol. The van der Waals surface area contributed by atoms with Crippen LogP contribution < -0.4 is 0 Å². The van der Waals surface area contributed by atoms with Gasteiger partial charge in [0.2, 0.25) is 5.79 Å². The van der Waals surface area contributed by atoms with Crippen LogP contribution in [-0.4, -0.2) is 126 Å². The van der Waals surface area contributed by atoms with Crippen LogP contribution in [0.15, 0.2) is 36.0 Å². The molecule has 3 heterocycles. The Morgan fingerprint density at radius 1 is 0.930 bits per heavy atom. The van der Waals surface area contributed by atoms with Crippen LogP contribution in [0.2, 0.25) is 0 Å². The average Bonchev–Trinajstić information content (AvgIpc) is 3.18. The van der Waals surface area contributed by atoms with Gasteiger partial charge in [-0.15, -0.1) is 6.58 Å². The topological polar surface area (TPSA) is 178 Å². The van der Waals surface area contributed by atoms with E-state index in [4.69, 9.17) is 23.7 Å². The van der Waals surface area contributed by atoms with Crippen molar-refractivity contribution in [1.82, 2.24) is 4.90 Å². The molecule has 14 atom stereocenters. The van der Waals surface area contributed by atoms with E-state index in [2.05, 4.69) is 6.58 Å². The molecule has 3 aliphatic heterocycles. The number of carbonyl (C=O) groups excluding carboxylic acids is 4. The van der Waals surface area contributed by atoms with E-state index >= 15 is 0 Å². The summed E-state index contributed by atoms with van der Waals surface area (Å²) in [6.07, 6.45) is 4.93. The van der Waals surface area contributed by atoms with Crippen LogP contribution in [0.3, 0.4) is 0 Å². The number of ether oxygens (including phenoxy) is 5. The SMILES string of the molecule is C=CC[C@@H]1/C=C(\C)C[C@H](C)C[C@H](OC)[C@H]2O[C@@](O)(C(=O)C(=O)N3CCCC[C@H]3C(=O)O[C@H](/C(C)=C/C3CC[C@@H](O)[C@H](OC)C3)[C@H](C)[C@@H](O)CC1=O)[C@H](C)C[C@@H]2OC. The summed E-state index contributed by atoms with van der Waals surface area (Å²) >= 11 is 0. The maximum atomic E-state index is 14.3. The van der Waals surface area contributed by atoms with Gasteiger partial charge in [-0.3, -0.25) is 14.4 Å². The fourth-order valence-electron chi connectivity index (χ4n) is 9.42. The Morgan fingerprint density at radius 3 is 2.25 bits per heavy atom. The van der Waals surface area contributed by atoms with E-state index in [0.29, 0.717) is 56.9 Å². The largest absolute Gasteiger partial charge is 0.456 e. The van der Waals surface area contributed by atoms with Gasteiger partial charge in [-0.1, -0.05) is 44.6 Å². The van der Waals surface area contributed by atoms with Gasteiger partial charge < -0.3 is 43.9 Å². The Hall–Kier alpha value is -2.78. The molecule has 13 nitrogen and oxygen atoms in total. The van der Waals surface area contributed by atoms with E-state index < -0.39 is 83.9 Å². The summed E-state index contributed by atoms with van der Waals surface area (Å²) in [7, 11) is 4.61. The molecular weight excluding hydrogens is 734 g/mol. The van der Waals surface area contributed by atoms with Crippen LogP contribution in [0, 0.1) is 29.6 Å². The molecule has 1 unspecified atom stereocenters. The number of methoxy groups -OCH3 is 3. The Kier molecular flexibility index (Phi) is 17.2. The zero-order chi connectivity index (χ0) is 42.2. The lowest BCUT2D eigenvalue weighted by Gasteiger charge is -2.47. The second-order valence-corrected chi connectivity index (χ2v) is 17.3. The zero-order valence-corrected chi connectivity index (χ0v) is 35.4. The molecule has 1 saturated carbocycles.